The van der Waals surface area contributed by atoms with Crippen molar-refractivity contribution in [2.45, 2.75) is 38.5 Å². The zero-order valence-electron chi connectivity index (χ0n) is 11.7. The Bertz CT molecular complexity index is 227. The van der Waals surface area contributed by atoms with Crippen molar-refractivity contribution in [2.75, 3.05) is 33.9 Å². The van der Waals surface area contributed by atoms with Crippen molar-refractivity contribution in [3.8, 4) is 0 Å². The Balaban J connectivity index is 3.32. The normalized spacial score (nSPS) is 11.3. The lowest BCUT2D eigenvalue weighted by Crippen LogP contribution is -2.19. The molecule has 106 valence electrons. The molecule has 0 atom stereocenters. The maximum atomic E-state index is 11.2. The Kier molecular flexibility index (Phi) is 12.0. The Morgan fingerprint density at radius 2 is 1.83 bits per heavy atom. The molecule has 0 aromatic rings. The molecule has 0 aliphatic heterocycles. The van der Waals surface area contributed by atoms with Gasteiger partial charge >= 0.3 is 5.97 Å². The summed E-state index contributed by atoms with van der Waals surface area (Å²) >= 11 is 0. The third kappa shape index (κ3) is 13.2. The van der Waals surface area contributed by atoms with Gasteiger partial charge < -0.3 is 14.7 Å². The summed E-state index contributed by atoms with van der Waals surface area (Å²) in [7, 11) is 3.89. The number of hydrogen-bond donors (Lipinski definition) is 1. The van der Waals surface area contributed by atoms with Crippen LogP contribution in [-0.2, 0) is 9.53 Å². The summed E-state index contributed by atoms with van der Waals surface area (Å²) in [5.41, 5.74) is 0. The molecule has 4 heteroatoms. The summed E-state index contributed by atoms with van der Waals surface area (Å²) in [6.45, 7) is 1.49. The van der Waals surface area contributed by atoms with Gasteiger partial charge in [-0.2, -0.15) is 0 Å². The number of carbonyl (C=O) groups excluding carboxylic acids is 1. The summed E-state index contributed by atoms with van der Waals surface area (Å²) < 4.78 is 5.02. The summed E-state index contributed by atoms with van der Waals surface area (Å²) in [6.07, 6.45) is 9.70. The minimum atomic E-state index is -0.253. The van der Waals surface area contributed by atoms with E-state index in [1.807, 2.05) is 25.1 Å². The maximum Gasteiger partial charge on any atom is 0.330 e. The SMILES string of the molecule is CN(C)CCOC(=O)C=CCCCCCCCO. The van der Waals surface area contributed by atoms with Crippen LogP contribution in [0.5, 0.6) is 0 Å². The topological polar surface area (TPSA) is 49.8 Å². The first-order valence-electron chi connectivity index (χ1n) is 6.75. The van der Waals surface area contributed by atoms with Crippen molar-refractivity contribution >= 4 is 5.97 Å². The summed E-state index contributed by atoms with van der Waals surface area (Å²) in [6, 6.07) is 0. The van der Waals surface area contributed by atoms with E-state index in [1.165, 1.54) is 6.08 Å². The number of esters is 1. The number of allylic oxidation sites excluding steroid dienone is 1. The predicted molar refractivity (Wildman–Crippen MR) is 73.4 cm³/mol. The molecular formula is C14H27NO3. The van der Waals surface area contributed by atoms with Crippen LogP contribution in [0.2, 0.25) is 0 Å². The smallest absolute Gasteiger partial charge is 0.330 e. The number of hydrogen-bond acceptors (Lipinski definition) is 4. The van der Waals surface area contributed by atoms with Crippen molar-refractivity contribution in [1.29, 1.82) is 0 Å². The quantitative estimate of drug-likeness (QED) is 0.349. The monoisotopic (exact) mass is 257 g/mol. The van der Waals surface area contributed by atoms with Crippen molar-refractivity contribution in [1.82, 2.24) is 4.90 Å². The van der Waals surface area contributed by atoms with Gasteiger partial charge in [0.25, 0.3) is 0 Å². The van der Waals surface area contributed by atoms with E-state index < -0.39 is 0 Å². The summed E-state index contributed by atoms with van der Waals surface area (Å²) in [4.78, 5) is 13.2. The molecule has 0 aliphatic carbocycles. The van der Waals surface area contributed by atoms with E-state index in [-0.39, 0.29) is 5.97 Å². The van der Waals surface area contributed by atoms with Crippen LogP contribution in [0.25, 0.3) is 0 Å². The second-order valence-electron chi connectivity index (χ2n) is 4.65. The highest BCUT2D eigenvalue weighted by molar-refractivity contribution is 5.81. The van der Waals surface area contributed by atoms with Gasteiger partial charge in [-0.15, -0.1) is 0 Å². The average molecular weight is 257 g/mol. The van der Waals surface area contributed by atoms with Gasteiger partial charge in [-0.05, 0) is 33.4 Å². The van der Waals surface area contributed by atoms with E-state index in [2.05, 4.69) is 0 Å². The van der Waals surface area contributed by atoms with Gasteiger partial charge in [-0.3, -0.25) is 0 Å². The van der Waals surface area contributed by atoms with Crippen LogP contribution in [0.3, 0.4) is 0 Å². The van der Waals surface area contributed by atoms with E-state index in [1.54, 1.807) is 0 Å². The number of likely N-dealkylation sites (N-methyl/N-ethyl adjacent to an activating group) is 1. The number of rotatable bonds is 11. The molecule has 0 aliphatic rings. The molecule has 0 rings (SSSR count). The Morgan fingerprint density at radius 3 is 2.50 bits per heavy atom. The number of unbranched alkanes of at least 4 members (excludes halogenated alkanes) is 5. The van der Waals surface area contributed by atoms with Crippen molar-refractivity contribution in [3.05, 3.63) is 12.2 Å². The first kappa shape index (κ1) is 17.1. The molecule has 0 aromatic carbocycles. The van der Waals surface area contributed by atoms with Crippen molar-refractivity contribution in [3.63, 3.8) is 0 Å². The molecule has 0 radical (unpaired) electrons. The van der Waals surface area contributed by atoms with Crippen molar-refractivity contribution < 1.29 is 14.6 Å². The van der Waals surface area contributed by atoms with Crippen LogP contribution in [0.4, 0.5) is 0 Å². The van der Waals surface area contributed by atoms with Gasteiger partial charge in [0, 0.05) is 19.2 Å². The predicted octanol–water partition coefficient (Wildman–Crippen LogP) is 1.98. The van der Waals surface area contributed by atoms with E-state index in [9.17, 15) is 4.79 Å². The maximum absolute atomic E-state index is 11.2. The molecule has 0 heterocycles. The average Bonchev–Trinajstić information content (AvgIpc) is 2.32. The molecule has 0 fully saturated rings. The van der Waals surface area contributed by atoms with Crippen molar-refractivity contribution in [2.24, 2.45) is 0 Å². The number of carbonyl (C=O) groups is 1. The summed E-state index contributed by atoms with van der Waals surface area (Å²) in [5.74, 6) is -0.253. The molecule has 1 N–H and O–H groups in total. The fraction of sp³-hybridized carbons (Fsp3) is 0.786. The van der Waals surface area contributed by atoms with Crippen LogP contribution < -0.4 is 0 Å². The summed E-state index contributed by atoms with van der Waals surface area (Å²) in [5, 5.41) is 8.61. The van der Waals surface area contributed by atoms with E-state index in [4.69, 9.17) is 9.84 Å². The number of aliphatic hydroxyl groups excluding tert-OH is 1. The molecular weight excluding hydrogens is 230 g/mol. The first-order chi connectivity index (χ1) is 8.66. The highest BCUT2D eigenvalue weighted by atomic mass is 16.5. The highest BCUT2D eigenvalue weighted by Gasteiger charge is 1.96. The van der Waals surface area contributed by atoms with E-state index in [0.29, 0.717) is 13.2 Å². The Hall–Kier alpha value is -0.870. The first-order valence-corrected chi connectivity index (χ1v) is 6.75. The molecule has 4 nitrogen and oxygen atoms in total. The van der Waals surface area contributed by atoms with Gasteiger partial charge in [0.2, 0.25) is 0 Å². The van der Waals surface area contributed by atoms with Crippen LogP contribution in [0.1, 0.15) is 38.5 Å². The van der Waals surface area contributed by atoms with Crippen LogP contribution in [0.15, 0.2) is 12.2 Å². The van der Waals surface area contributed by atoms with Gasteiger partial charge in [-0.25, -0.2) is 4.79 Å². The Morgan fingerprint density at radius 1 is 1.17 bits per heavy atom. The van der Waals surface area contributed by atoms with Crippen LogP contribution in [-0.4, -0.2) is 49.8 Å². The zero-order chi connectivity index (χ0) is 13.6. The third-order valence-corrected chi connectivity index (χ3v) is 2.57. The fourth-order valence-corrected chi connectivity index (χ4v) is 1.46. The molecule has 0 saturated heterocycles. The lowest BCUT2D eigenvalue weighted by molar-refractivity contribution is -0.138. The second-order valence-corrected chi connectivity index (χ2v) is 4.65. The van der Waals surface area contributed by atoms with Gasteiger partial charge in [0.1, 0.15) is 6.61 Å². The largest absolute Gasteiger partial charge is 0.461 e. The molecule has 0 unspecified atom stereocenters. The molecule has 18 heavy (non-hydrogen) atoms. The second kappa shape index (κ2) is 12.6. The molecule has 0 amide bonds. The third-order valence-electron chi connectivity index (χ3n) is 2.57. The lowest BCUT2D eigenvalue weighted by atomic mass is 10.1. The lowest BCUT2D eigenvalue weighted by Gasteiger charge is -2.08. The minimum absolute atomic E-state index is 0.253. The van der Waals surface area contributed by atoms with Crippen LogP contribution in [0, 0.1) is 0 Å². The van der Waals surface area contributed by atoms with E-state index in [0.717, 1.165) is 45.1 Å². The number of nitrogens with zero attached hydrogens (tertiary/aromatic N) is 1. The van der Waals surface area contributed by atoms with E-state index >= 15 is 0 Å². The number of ether oxygens (including phenoxy) is 1. The van der Waals surface area contributed by atoms with Gasteiger partial charge in [0.15, 0.2) is 0 Å². The molecule has 0 bridgehead atoms. The highest BCUT2D eigenvalue weighted by Crippen LogP contribution is 2.05. The van der Waals surface area contributed by atoms with Crippen LogP contribution >= 0.6 is 0 Å². The molecule has 0 aromatic heterocycles. The van der Waals surface area contributed by atoms with Gasteiger partial charge in [0.05, 0.1) is 0 Å². The molecule has 0 saturated carbocycles. The minimum Gasteiger partial charge on any atom is -0.461 e. The fourth-order valence-electron chi connectivity index (χ4n) is 1.46. The zero-order valence-corrected chi connectivity index (χ0v) is 11.7. The standard InChI is InChI=1S/C14H27NO3/c1-15(2)11-13-18-14(17)10-8-6-4-3-5-7-9-12-16/h8,10,16H,3-7,9,11-13H2,1-2H3. The Labute approximate surface area is 111 Å². The molecule has 0 spiro atoms. The van der Waals surface area contributed by atoms with Gasteiger partial charge in [-0.1, -0.05) is 25.3 Å². The number of aliphatic hydroxyl groups is 1.